The molecule has 1 atom stereocenters. The van der Waals surface area contributed by atoms with E-state index in [1.165, 1.54) is 0 Å². The molecular formula is C16H18N4O2. The lowest BCUT2D eigenvalue weighted by Gasteiger charge is -2.22. The first-order chi connectivity index (χ1) is 10.7. The maximum atomic E-state index is 11.2. The van der Waals surface area contributed by atoms with Crippen LogP contribution in [-0.4, -0.2) is 33.9 Å². The lowest BCUT2D eigenvalue weighted by Crippen LogP contribution is -2.33. The van der Waals surface area contributed by atoms with Gasteiger partial charge in [0.15, 0.2) is 0 Å². The number of hydrogen-bond acceptors (Lipinski definition) is 5. The Hall–Kier alpha value is -2.47. The zero-order chi connectivity index (χ0) is 15.4. The van der Waals surface area contributed by atoms with Gasteiger partial charge in [0.1, 0.15) is 5.75 Å². The lowest BCUT2D eigenvalue weighted by atomic mass is 10.1. The second kappa shape index (κ2) is 6.53. The van der Waals surface area contributed by atoms with Gasteiger partial charge >= 0.3 is 0 Å². The van der Waals surface area contributed by atoms with E-state index < -0.39 is 0 Å². The Labute approximate surface area is 128 Å². The first kappa shape index (κ1) is 14.5. The van der Waals surface area contributed by atoms with Crippen molar-refractivity contribution in [3.63, 3.8) is 0 Å². The third-order valence-electron chi connectivity index (χ3n) is 3.67. The van der Waals surface area contributed by atoms with Gasteiger partial charge in [-0.05, 0) is 37.6 Å². The molecule has 1 unspecified atom stereocenters. The molecule has 0 radical (unpaired) electrons. The van der Waals surface area contributed by atoms with Gasteiger partial charge in [-0.25, -0.2) is 4.98 Å². The molecule has 2 aromatic rings. The molecule has 3 heterocycles. The van der Waals surface area contributed by atoms with Gasteiger partial charge in [-0.1, -0.05) is 6.07 Å². The van der Waals surface area contributed by atoms with Crippen molar-refractivity contribution in [2.24, 2.45) is 5.73 Å². The van der Waals surface area contributed by atoms with Crippen LogP contribution in [0.5, 0.6) is 11.6 Å². The first-order valence-corrected chi connectivity index (χ1v) is 7.29. The summed E-state index contributed by atoms with van der Waals surface area (Å²) in [7, 11) is 0. The zero-order valence-corrected chi connectivity index (χ0v) is 12.2. The summed E-state index contributed by atoms with van der Waals surface area (Å²) in [5.74, 6) is 0.860. The molecule has 0 aromatic carbocycles. The lowest BCUT2D eigenvalue weighted by molar-refractivity contribution is -0.119. The van der Waals surface area contributed by atoms with E-state index in [2.05, 4.69) is 14.9 Å². The van der Waals surface area contributed by atoms with Crippen LogP contribution in [0.3, 0.4) is 0 Å². The molecular weight excluding hydrogens is 280 g/mol. The molecule has 0 bridgehead atoms. The van der Waals surface area contributed by atoms with Crippen molar-refractivity contribution in [3.8, 4) is 11.6 Å². The number of carbonyl (C=O) groups is 1. The van der Waals surface area contributed by atoms with Gasteiger partial charge in [-0.2, -0.15) is 0 Å². The second-order valence-electron chi connectivity index (χ2n) is 5.29. The standard InChI is InChI=1S/C16H18N4O2/c17-15(21)11-20-9-3-6-14(20)13-5-1-7-16(19-13)22-12-4-2-8-18-10-12/h1-2,4-5,7-8,10,14H,3,6,9,11H2,(H2,17,21). The Morgan fingerprint density at radius 2 is 2.27 bits per heavy atom. The van der Waals surface area contributed by atoms with Gasteiger partial charge in [0.25, 0.3) is 0 Å². The molecule has 1 aliphatic rings. The fraction of sp³-hybridized carbons (Fsp3) is 0.312. The second-order valence-corrected chi connectivity index (χ2v) is 5.29. The Kier molecular flexibility index (Phi) is 4.29. The summed E-state index contributed by atoms with van der Waals surface area (Å²) in [5, 5.41) is 0. The SMILES string of the molecule is NC(=O)CN1CCCC1c1cccc(Oc2cccnc2)n1. The molecule has 1 saturated heterocycles. The van der Waals surface area contributed by atoms with E-state index in [0.717, 1.165) is 25.1 Å². The van der Waals surface area contributed by atoms with E-state index in [9.17, 15) is 4.79 Å². The van der Waals surface area contributed by atoms with Crippen molar-refractivity contribution < 1.29 is 9.53 Å². The largest absolute Gasteiger partial charge is 0.437 e. The van der Waals surface area contributed by atoms with Crippen molar-refractivity contribution in [2.75, 3.05) is 13.1 Å². The number of nitrogens with zero attached hydrogens (tertiary/aromatic N) is 3. The summed E-state index contributed by atoms with van der Waals surface area (Å²) in [6.07, 6.45) is 5.34. The van der Waals surface area contributed by atoms with Gasteiger partial charge in [0.05, 0.1) is 24.5 Å². The highest BCUT2D eigenvalue weighted by Crippen LogP contribution is 2.31. The van der Waals surface area contributed by atoms with E-state index in [4.69, 9.17) is 10.5 Å². The minimum atomic E-state index is -0.310. The molecule has 1 amide bonds. The number of likely N-dealkylation sites (tertiary alicyclic amines) is 1. The summed E-state index contributed by atoms with van der Waals surface area (Å²) < 4.78 is 5.71. The van der Waals surface area contributed by atoms with Crippen LogP contribution in [0, 0.1) is 0 Å². The minimum Gasteiger partial charge on any atom is -0.437 e. The van der Waals surface area contributed by atoms with Crippen molar-refractivity contribution in [2.45, 2.75) is 18.9 Å². The molecule has 0 saturated carbocycles. The summed E-state index contributed by atoms with van der Waals surface area (Å²) in [6.45, 7) is 1.13. The van der Waals surface area contributed by atoms with E-state index in [-0.39, 0.29) is 18.5 Å². The maximum absolute atomic E-state index is 11.2. The van der Waals surface area contributed by atoms with Crippen molar-refractivity contribution in [1.29, 1.82) is 0 Å². The average molecular weight is 298 g/mol. The van der Waals surface area contributed by atoms with Crippen molar-refractivity contribution >= 4 is 5.91 Å². The quantitative estimate of drug-likeness (QED) is 0.911. The molecule has 0 aliphatic carbocycles. The molecule has 2 aromatic heterocycles. The molecule has 6 nitrogen and oxygen atoms in total. The number of carbonyl (C=O) groups excluding carboxylic acids is 1. The highest BCUT2D eigenvalue weighted by atomic mass is 16.5. The zero-order valence-electron chi connectivity index (χ0n) is 12.2. The number of hydrogen-bond donors (Lipinski definition) is 1. The number of primary amides is 1. The van der Waals surface area contributed by atoms with Crippen LogP contribution in [0.1, 0.15) is 24.6 Å². The third-order valence-corrected chi connectivity index (χ3v) is 3.67. The highest BCUT2D eigenvalue weighted by Gasteiger charge is 2.28. The van der Waals surface area contributed by atoms with Crippen molar-refractivity contribution in [3.05, 3.63) is 48.4 Å². The predicted octanol–water partition coefficient (Wildman–Crippen LogP) is 1.89. The number of amides is 1. The number of ether oxygens (including phenoxy) is 1. The van der Waals surface area contributed by atoms with Crippen LogP contribution in [0.25, 0.3) is 0 Å². The third kappa shape index (κ3) is 3.40. The van der Waals surface area contributed by atoms with Crippen LogP contribution < -0.4 is 10.5 Å². The normalized spacial score (nSPS) is 18.3. The van der Waals surface area contributed by atoms with Crippen LogP contribution in [0.2, 0.25) is 0 Å². The van der Waals surface area contributed by atoms with Gasteiger partial charge in [0.2, 0.25) is 11.8 Å². The molecule has 6 heteroatoms. The molecule has 2 N–H and O–H groups in total. The summed E-state index contributed by atoms with van der Waals surface area (Å²) >= 11 is 0. The van der Waals surface area contributed by atoms with Crippen LogP contribution in [0.4, 0.5) is 0 Å². The number of pyridine rings is 2. The first-order valence-electron chi connectivity index (χ1n) is 7.29. The smallest absolute Gasteiger partial charge is 0.231 e. The molecule has 1 aliphatic heterocycles. The number of aromatic nitrogens is 2. The van der Waals surface area contributed by atoms with Gasteiger partial charge < -0.3 is 10.5 Å². The Bertz CT molecular complexity index is 648. The Balaban J connectivity index is 1.77. The molecule has 1 fully saturated rings. The minimum absolute atomic E-state index is 0.116. The van der Waals surface area contributed by atoms with E-state index in [1.807, 2.05) is 30.3 Å². The van der Waals surface area contributed by atoms with Gasteiger partial charge in [-0.15, -0.1) is 0 Å². The van der Waals surface area contributed by atoms with E-state index >= 15 is 0 Å². The topological polar surface area (TPSA) is 81.3 Å². The van der Waals surface area contributed by atoms with Gasteiger partial charge in [-0.3, -0.25) is 14.7 Å². The van der Waals surface area contributed by atoms with Crippen molar-refractivity contribution in [1.82, 2.24) is 14.9 Å². The van der Waals surface area contributed by atoms with Crippen LogP contribution in [0.15, 0.2) is 42.7 Å². The van der Waals surface area contributed by atoms with Gasteiger partial charge in [0, 0.05) is 12.3 Å². The Morgan fingerprint density at radius 1 is 1.36 bits per heavy atom. The summed E-state index contributed by atoms with van der Waals surface area (Å²) in [4.78, 5) is 21.8. The van der Waals surface area contributed by atoms with E-state index in [1.54, 1.807) is 12.4 Å². The van der Waals surface area contributed by atoms with E-state index in [0.29, 0.717) is 11.6 Å². The predicted molar refractivity (Wildman–Crippen MR) is 81.3 cm³/mol. The monoisotopic (exact) mass is 298 g/mol. The number of rotatable bonds is 5. The summed E-state index contributed by atoms with van der Waals surface area (Å²) in [5.41, 5.74) is 6.21. The fourth-order valence-electron chi connectivity index (χ4n) is 2.75. The molecule has 22 heavy (non-hydrogen) atoms. The Morgan fingerprint density at radius 3 is 3.05 bits per heavy atom. The van der Waals surface area contributed by atoms with Crippen LogP contribution in [-0.2, 0) is 4.79 Å². The fourth-order valence-corrected chi connectivity index (χ4v) is 2.75. The average Bonchev–Trinajstić information content (AvgIpc) is 2.96. The van der Waals surface area contributed by atoms with Crippen LogP contribution >= 0.6 is 0 Å². The number of nitrogens with two attached hydrogens (primary N) is 1. The molecule has 3 rings (SSSR count). The molecule has 0 spiro atoms. The molecule has 114 valence electrons. The maximum Gasteiger partial charge on any atom is 0.231 e. The summed E-state index contributed by atoms with van der Waals surface area (Å²) in [6, 6.07) is 9.43. The highest BCUT2D eigenvalue weighted by molar-refractivity contribution is 5.76.